The van der Waals surface area contributed by atoms with E-state index in [1.54, 1.807) is 0 Å². The van der Waals surface area contributed by atoms with Crippen molar-refractivity contribution in [2.75, 3.05) is 12.0 Å². The van der Waals surface area contributed by atoms with Gasteiger partial charge in [0.2, 0.25) is 0 Å². The molecule has 0 N–H and O–H groups in total. The average Bonchev–Trinajstić information content (AvgIpc) is 2.46. The Morgan fingerprint density at radius 3 is 2.08 bits per heavy atom. The molecule has 0 aromatic heterocycles. The summed E-state index contributed by atoms with van der Waals surface area (Å²) in [6.45, 7) is 0. The van der Waals surface area contributed by atoms with Crippen molar-refractivity contribution in [2.45, 2.75) is 38.3 Å². The van der Waals surface area contributed by atoms with Gasteiger partial charge in [-0.1, -0.05) is 12.1 Å². The Kier molecular flexibility index (Phi) is 5.73. The molecule has 1 aliphatic rings. The Hall–Kier alpha value is -1.37. The van der Waals surface area contributed by atoms with Crippen LogP contribution in [0.4, 0.5) is 13.2 Å². The van der Waals surface area contributed by atoms with Crippen molar-refractivity contribution in [2.24, 2.45) is 11.8 Å². The van der Waals surface area contributed by atoms with Crippen molar-refractivity contribution in [3.63, 3.8) is 0 Å². The van der Waals surface area contributed by atoms with Crippen molar-refractivity contribution >= 4 is 15.6 Å². The van der Waals surface area contributed by atoms with Gasteiger partial charge < -0.3 is 0 Å². The maximum Gasteiger partial charge on any atom is 0.416 e. The van der Waals surface area contributed by atoms with Gasteiger partial charge in [-0.15, -0.1) is 0 Å². The highest BCUT2D eigenvalue weighted by atomic mass is 32.2. The summed E-state index contributed by atoms with van der Waals surface area (Å²) in [5.41, 5.74) is -0.147. The summed E-state index contributed by atoms with van der Waals surface area (Å²) in [6, 6.07) is 4.67. The molecule has 0 atom stereocenters. The highest BCUT2D eigenvalue weighted by molar-refractivity contribution is 7.90. The van der Waals surface area contributed by atoms with Gasteiger partial charge in [0.25, 0.3) is 0 Å². The molecule has 0 saturated heterocycles. The van der Waals surface area contributed by atoms with Gasteiger partial charge in [-0.3, -0.25) is 4.79 Å². The lowest BCUT2D eigenvalue weighted by atomic mass is 9.79. The SMILES string of the molecule is CS(=O)(=O)CC1CCC(C(=O)Cc2ccc(C(F)(F)F)cc2)CC1. The van der Waals surface area contributed by atoms with E-state index >= 15 is 0 Å². The van der Waals surface area contributed by atoms with Crippen LogP contribution in [0.5, 0.6) is 0 Å². The summed E-state index contributed by atoms with van der Waals surface area (Å²) in [6.07, 6.45) is -0.318. The van der Waals surface area contributed by atoms with E-state index in [-0.39, 0.29) is 29.8 Å². The van der Waals surface area contributed by atoms with Crippen molar-refractivity contribution in [1.29, 1.82) is 0 Å². The minimum absolute atomic E-state index is 0.0209. The smallest absolute Gasteiger partial charge is 0.299 e. The molecule has 1 aromatic carbocycles. The topological polar surface area (TPSA) is 51.2 Å². The van der Waals surface area contributed by atoms with Crippen LogP contribution in [0, 0.1) is 11.8 Å². The van der Waals surface area contributed by atoms with E-state index in [0.29, 0.717) is 31.2 Å². The highest BCUT2D eigenvalue weighted by Crippen LogP contribution is 2.32. The third-order valence-corrected chi connectivity index (χ3v) is 5.58. The Bertz CT molecular complexity index is 670. The molecule has 0 heterocycles. The zero-order chi connectivity index (χ0) is 18.0. The zero-order valence-electron chi connectivity index (χ0n) is 13.5. The first-order valence-electron chi connectivity index (χ1n) is 7.91. The first-order valence-corrected chi connectivity index (χ1v) is 9.97. The largest absolute Gasteiger partial charge is 0.416 e. The van der Waals surface area contributed by atoms with Crippen LogP contribution in [-0.2, 0) is 27.2 Å². The first kappa shape index (κ1) is 19.0. The lowest BCUT2D eigenvalue weighted by Crippen LogP contribution is -2.26. The van der Waals surface area contributed by atoms with Gasteiger partial charge in [0, 0.05) is 18.6 Å². The number of carbonyl (C=O) groups excluding carboxylic acids is 1. The molecular weight excluding hydrogens is 341 g/mol. The van der Waals surface area contributed by atoms with Gasteiger partial charge in [0.1, 0.15) is 15.6 Å². The molecule has 134 valence electrons. The number of Topliss-reactive ketones (excluding diaryl/α,β-unsaturated/α-hetero) is 1. The normalized spacial score (nSPS) is 22.3. The zero-order valence-corrected chi connectivity index (χ0v) is 14.3. The maximum atomic E-state index is 12.5. The molecule has 3 nitrogen and oxygen atoms in total. The van der Waals surface area contributed by atoms with Gasteiger partial charge in [-0.25, -0.2) is 8.42 Å². The highest BCUT2D eigenvalue weighted by Gasteiger charge is 2.30. The molecule has 24 heavy (non-hydrogen) atoms. The second kappa shape index (κ2) is 7.25. The average molecular weight is 362 g/mol. The number of ketones is 1. The Labute approximate surface area is 140 Å². The summed E-state index contributed by atoms with van der Waals surface area (Å²) >= 11 is 0. The minimum atomic E-state index is -4.37. The molecule has 0 spiro atoms. The molecule has 0 unspecified atom stereocenters. The molecule has 1 fully saturated rings. The van der Waals surface area contributed by atoms with Crippen LogP contribution >= 0.6 is 0 Å². The molecule has 7 heteroatoms. The van der Waals surface area contributed by atoms with Crippen LogP contribution < -0.4 is 0 Å². The lowest BCUT2D eigenvalue weighted by molar-refractivity contribution is -0.137. The fourth-order valence-corrected chi connectivity index (χ4v) is 4.43. The van der Waals surface area contributed by atoms with Crippen LogP contribution in [0.15, 0.2) is 24.3 Å². The van der Waals surface area contributed by atoms with Crippen LogP contribution in [-0.4, -0.2) is 26.2 Å². The maximum absolute atomic E-state index is 12.5. The quantitative estimate of drug-likeness (QED) is 0.803. The van der Waals surface area contributed by atoms with E-state index in [1.807, 2.05) is 0 Å². The van der Waals surface area contributed by atoms with Gasteiger partial charge in [-0.05, 0) is 49.3 Å². The molecule has 2 rings (SSSR count). The Morgan fingerprint density at radius 2 is 1.62 bits per heavy atom. The second-order valence-corrected chi connectivity index (χ2v) is 8.83. The Morgan fingerprint density at radius 1 is 1.08 bits per heavy atom. The molecule has 1 aliphatic carbocycles. The van der Waals surface area contributed by atoms with E-state index in [0.717, 1.165) is 12.1 Å². The third kappa shape index (κ3) is 5.61. The standard InChI is InChI=1S/C17H21F3O3S/c1-24(22,23)11-13-2-6-14(7-3-13)16(21)10-12-4-8-15(9-5-12)17(18,19)20/h4-5,8-9,13-14H,2-3,6-7,10-11H2,1H3. The molecular formula is C17H21F3O3S. The number of sulfone groups is 1. The van der Waals surface area contributed by atoms with Crippen molar-refractivity contribution in [1.82, 2.24) is 0 Å². The van der Waals surface area contributed by atoms with Gasteiger partial charge in [-0.2, -0.15) is 13.2 Å². The summed E-state index contributed by atoms with van der Waals surface area (Å²) in [5, 5.41) is 0. The Balaban J connectivity index is 1.88. The third-order valence-electron chi connectivity index (χ3n) is 4.50. The van der Waals surface area contributed by atoms with Gasteiger partial charge >= 0.3 is 6.18 Å². The van der Waals surface area contributed by atoms with Crippen molar-refractivity contribution in [3.05, 3.63) is 35.4 Å². The van der Waals surface area contributed by atoms with E-state index in [9.17, 15) is 26.4 Å². The number of hydrogen-bond donors (Lipinski definition) is 0. The number of halogens is 3. The number of hydrogen-bond acceptors (Lipinski definition) is 3. The van der Waals surface area contributed by atoms with Crippen molar-refractivity contribution in [3.8, 4) is 0 Å². The van der Waals surface area contributed by atoms with Crippen LogP contribution in [0.25, 0.3) is 0 Å². The molecule has 0 amide bonds. The van der Waals surface area contributed by atoms with E-state index in [4.69, 9.17) is 0 Å². The van der Waals surface area contributed by atoms with E-state index in [1.165, 1.54) is 18.4 Å². The van der Waals surface area contributed by atoms with Crippen LogP contribution in [0.3, 0.4) is 0 Å². The molecule has 0 radical (unpaired) electrons. The molecule has 1 aromatic rings. The number of carbonyl (C=O) groups is 1. The summed E-state index contributed by atoms with van der Waals surface area (Å²) in [7, 11) is -3.00. The number of alkyl halides is 3. The lowest BCUT2D eigenvalue weighted by Gasteiger charge is -2.27. The second-order valence-electron chi connectivity index (χ2n) is 6.65. The van der Waals surface area contributed by atoms with E-state index in [2.05, 4.69) is 0 Å². The molecule has 0 aliphatic heterocycles. The fraction of sp³-hybridized carbons (Fsp3) is 0.588. The summed E-state index contributed by atoms with van der Waals surface area (Å²) in [4.78, 5) is 12.3. The van der Waals surface area contributed by atoms with Crippen LogP contribution in [0.2, 0.25) is 0 Å². The first-order chi connectivity index (χ1) is 11.0. The predicted molar refractivity (Wildman–Crippen MR) is 85.3 cm³/mol. The molecule has 0 bridgehead atoms. The van der Waals surface area contributed by atoms with Gasteiger partial charge in [0.05, 0.1) is 11.3 Å². The minimum Gasteiger partial charge on any atom is -0.299 e. The predicted octanol–water partition coefficient (Wildman–Crippen LogP) is 3.67. The molecule has 1 saturated carbocycles. The van der Waals surface area contributed by atoms with Gasteiger partial charge in [0.15, 0.2) is 0 Å². The summed E-state index contributed by atoms with van der Waals surface area (Å²) in [5.74, 6) is 0.165. The summed E-state index contributed by atoms with van der Waals surface area (Å²) < 4.78 is 60.2. The van der Waals surface area contributed by atoms with Crippen LogP contribution in [0.1, 0.15) is 36.8 Å². The number of rotatable bonds is 5. The van der Waals surface area contributed by atoms with Crippen molar-refractivity contribution < 1.29 is 26.4 Å². The monoisotopic (exact) mass is 362 g/mol. The van der Waals surface area contributed by atoms with E-state index < -0.39 is 21.6 Å². The fourth-order valence-electron chi connectivity index (χ4n) is 3.24. The number of benzene rings is 1.